The summed E-state index contributed by atoms with van der Waals surface area (Å²) in [4.78, 5) is 4.11. The summed E-state index contributed by atoms with van der Waals surface area (Å²) in [7, 11) is 0. The lowest BCUT2D eigenvalue weighted by Gasteiger charge is -2.07. The molecule has 0 unspecified atom stereocenters. The van der Waals surface area contributed by atoms with Gasteiger partial charge in [-0.1, -0.05) is 30.3 Å². The third kappa shape index (κ3) is 3.57. The molecule has 5 heteroatoms. The molecule has 0 bridgehead atoms. The van der Waals surface area contributed by atoms with Gasteiger partial charge in [-0.25, -0.2) is 4.98 Å². The number of anilines is 1. The van der Waals surface area contributed by atoms with Gasteiger partial charge in [-0.3, -0.25) is 4.68 Å². The van der Waals surface area contributed by atoms with Crippen LogP contribution in [0.15, 0.2) is 85.2 Å². The normalized spacial score (nSPS) is 10.6. The summed E-state index contributed by atoms with van der Waals surface area (Å²) in [6.45, 7) is 0.672. The highest BCUT2D eigenvalue weighted by atomic mass is 16.5. The van der Waals surface area contributed by atoms with Crippen LogP contribution >= 0.6 is 0 Å². The lowest BCUT2D eigenvalue weighted by molar-refractivity contribution is 0.482. The second-order valence-corrected chi connectivity index (χ2v) is 5.89. The summed E-state index contributed by atoms with van der Waals surface area (Å²) < 4.78 is 7.70. The van der Waals surface area contributed by atoms with Gasteiger partial charge in [-0.15, -0.1) is 0 Å². The first kappa shape index (κ1) is 15.9. The zero-order valence-corrected chi connectivity index (χ0v) is 14.1. The molecule has 128 valence electrons. The van der Waals surface area contributed by atoms with Crippen LogP contribution in [0.4, 0.5) is 5.82 Å². The van der Waals surface area contributed by atoms with Crippen LogP contribution in [-0.2, 0) is 6.54 Å². The van der Waals surface area contributed by atoms with Crippen molar-refractivity contribution in [3.05, 3.63) is 90.8 Å². The molecule has 4 rings (SSSR count). The van der Waals surface area contributed by atoms with E-state index < -0.39 is 0 Å². The Labute approximate surface area is 151 Å². The predicted octanol–water partition coefficient (Wildman–Crippen LogP) is 4.37. The predicted molar refractivity (Wildman–Crippen MR) is 102 cm³/mol. The van der Waals surface area contributed by atoms with Crippen molar-refractivity contribution in [2.75, 3.05) is 5.73 Å². The standard InChI is InChI=1S/C21H18N4O/c22-21-19(7-4-13-23-21)20-12-14-25(24-20)15-16-8-10-18(11-9-16)26-17-5-2-1-3-6-17/h1-14H,15H2,(H2,22,23). The second-order valence-electron chi connectivity index (χ2n) is 5.89. The fraction of sp³-hybridized carbons (Fsp3) is 0.0476. The maximum Gasteiger partial charge on any atom is 0.132 e. The SMILES string of the molecule is Nc1ncccc1-c1ccn(Cc2ccc(Oc3ccccc3)cc2)n1. The van der Waals surface area contributed by atoms with E-state index in [1.54, 1.807) is 6.20 Å². The third-order valence-electron chi connectivity index (χ3n) is 4.00. The molecule has 4 aromatic rings. The number of pyridine rings is 1. The van der Waals surface area contributed by atoms with Gasteiger partial charge in [0.05, 0.1) is 12.2 Å². The van der Waals surface area contributed by atoms with Crippen LogP contribution < -0.4 is 10.5 Å². The molecule has 2 aromatic carbocycles. The van der Waals surface area contributed by atoms with E-state index in [4.69, 9.17) is 10.5 Å². The van der Waals surface area contributed by atoms with Gasteiger partial charge in [0.2, 0.25) is 0 Å². The Balaban J connectivity index is 1.46. The topological polar surface area (TPSA) is 66.0 Å². The molecule has 0 fully saturated rings. The summed E-state index contributed by atoms with van der Waals surface area (Å²) in [5, 5.41) is 4.59. The first-order valence-electron chi connectivity index (χ1n) is 8.34. The molecule has 0 amide bonds. The maximum atomic E-state index is 5.92. The number of para-hydroxylation sites is 1. The van der Waals surface area contributed by atoms with Crippen molar-refractivity contribution >= 4 is 5.82 Å². The van der Waals surface area contributed by atoms with Crippen LogP contribution in [-0.4, -0.2) is 14.8 Å². The number of benzene rings is 2. The highest BCUT2D eigenvalue weighted by Gasteiger charge is 2.07. The molecule has 0 atom stereocenters. The van der Waals surface area contributed by atoms with E-state index in [0.717, 1.165) is 28.3 Å². The first-order chi connectivity index (χ1) is 12.8. The van der Waals surface area contributed by atoms with Crippen LogP contribution in [0.25, 0.3) is 11.3 Å². The number of nitrogens with zero attached hydrogens (tertiary/aromatic N) is 3. The Bertz CT molecular complexity index is 994. The van der Waals surface area contributed by atoms with Gasteiger partial charge in [-0.2, -0.15) is 5.10 Å². The smallest absolute Gasteiger partial charge is 0.132 e. The lowest BCUT2D eigenvalue weighted by Crippen LogP contribution is -2.01. The van der Waals surface area contributed by atoms with Crippen molar-refractivity contribution in [2.45, 2.75) is 6.54 Å². The van der Waals surface area contributed by atoms with Crippen LogP contribution in [0.5, 0.6) is 11.5 Å². The molecule has 2 heterocycles. The summed E-state index contributed by atoms with van der Waals surface area (Å²) in [5.41, 5.74) is 8.72. The van der Waals surface area contributed by atoms with Gasteiger partial charge < -0.3 is 10.5 Å². The maximum absolute atomic E-state index is 5.92. The van der Waals surface area contributed by atoms with E-state index in [-0.39, 0.29) is 0 Å². The minimum absolute atomic E-state index is 0.486. The molecular weight excluding hydrogens is 324 g/mol. The first-order valence-corrected chi connectivity index (χ1v) is 8.34. The second kappa shape index (κ2) is 7.11. The summed E-state index contributed by atoms with van der Waals surface area (Å²) >= 11 is 0. The van der Waals surface area contributed by atoms with Gasteiger partial charge >= 0.3 is 0 Å². The molecule has 0 saturated carbocycles. The van der Waals surface area contributed by atoms with Crippen molar-refractivity contribution < 1.29 is 4.74 Å². The molecule has 5 nitrogen and oxygen atoms in total. The molecule has 0 spiro atoms. The van der Waals surface area contributed by atoms with Gasteiger partial charge in [0.15, 0.2) is 0 Å². The number of nitrogens with two attached hydrogens (primary N) is 1. The number of rotatable bonds is 5. The van der Waals surface area contributed by atoms with E-state index in [9.17, 15) is 0 Å². The van der Waals surface area contributed by atoms with Crippen molar-refractivity contribution in [3.8, 4) is 22.8 Å². The van der Waals surface area contributed by atoms with E-state index in [0.29, 0.717) is 12.4 Å². The highest BCUT2D eigenvalue weighted by Crippen LogP contribution is 2.23. The van der Waals surface area contributed by atoms with Crippen molar-refractivity contribution in [1.82, 2.24) is 14.8 Å². The van der Waals surface area contributed by atoms with Crippen molar-refractivity contribution in [2.24, 2.45) is 0 Å². The Morgan fingerprint density at radius 3 is 2.38 bits per heavy atom. The van der Waals surface area contributed by atoms with Crippen molar-refractivity contribution in [1.29, 1.82) is 0 Å². The minimum Gasteiger partial charge on any atom is -0.457 e. The lowest BCUT2D eigenvalue weighted by atomic mass is 10.2. The fourth-order valence-corrected chi connectivity index (χ4v) is 2.70. The van der Waals surface area contributed by atoms with Crippen LogP contribution in [0.2, 0.25) is 0 Å². The molecule has 2 N–H and O–H groups in total. The number of aromatic nitrogens is 3. The fourth-order valence-electron chi connectivity index (χ4n) is 2.70. The molecular formula is C21H18N4O. The van der Waals surface area contributed by atoms with Gasteiger partial charge in [0, 0.05) is 18.0 Å². The largest absolute Gasteiger partial charge is 0.457 e. The van der Waals surface area contributed by atoms with E-state index in [2.05, 4.69) is 10.1 Å². The molecule has 26 heavy (non-hydrogen) atoms. The molecule has 0 radical (unpaired) electrons. The van der Waals surface area contributed by atoms with Crippen LogP contribution in [0, 0.1) is 0 Å². The Morgan fingerprint density at radius 2 is 1.62 bits per heavy atom. The van der Waals surface area contributed by atoms with E-state index in [1.165, 1.54) is 0 Å². The number of ether oxygens (including phenoxy) is 1. The molecule has 0 aliphatic heterocycles. The molecule has 0 aliphatic rings. The number of hydrogen-bond donors (Lipinski definition) is 1. The van der Waals surface area contributed by atoms with Gasteiger partial charge in [0.1, 0.15) is 17.3 Å². The van der Waals surface area contributed by atoms with Crippen LogP contribution in [0.1, 0.15) is 5.56 Å². The van der Waals surface area contributed by atoms with Crippen molar-refractivity contribution in [3.63, 3.8) is 0 Å². The van der Waals surface area contributed by atoms with Crippen LogP contribution in [0.3, 0.4) is 0 Å². The Hall–Kier alpha value is -3.60. The summed E-state index contributed by atoms with van der Waals surface area (Å²) in [5.74, 6) is 2.12. The average Bonchev–Trinajstić information content (AvgIpc) is 3.13. The number of hydrogen-bond acceptors (Lipinski definition) is 4. The Morgan fingerprint density at radius 1 is 0.846 bits per heavy atom. The molecule has 0 saturated heterocycles. The van der Waals surface area contributed by atoms with Gasteiger partial charge in [-0.05, 0) is 48.0 Å². The number of nitrogen functional groups attached to an aromatic ring is 1. The van der Waals surface area contributed by atoms with E-state index >= 15 is 0 Å². The summed E-state index contributed by atoms with van der Waals surface area (Å²) in [6, 6.07) is 23.5. The Kier molecular flexibility index (Phi) is 4.35. The quantitative estimate of drug-likeness (QED) is 0.585. The molecule has 2 aromatic heterocycles. The van der Waals surface area contributed by atoms with E-state index in [1.807, 2.05) is 83.7 Å². The van der Waals surface area contributed by atoms with Gasteiger partial charge in [0.25, 0.3) is 0 Å². The zero-order chi connectivity index (χ0) is 17.8. The average molecular weight is 342 g/mol. The minimum atomic E-state index is 0.486. The highest BCUT2D eigenvalue weighted by molar-refractivity contribution is 5.70. The molecule has 0 aliphatic carbocycles. The monoisotopic (exact) mass is 342 g/mol. The summed E-state index contributed by atoms with van der Waals surface area (Å²) in [6.07, 6.45) is 3.62. The zero-order valence-electron chi connectivity index (χ0n) is 14.1. The third-order valence-corrected chi connectivity index (χ3v) is 4.00.